The van der Waals surface area contributed by atoms with Crippen LogP contribution in [0, 0.1) is 11.3 Å². The molecule has 1 aliphatic rings. The minimum absolute atomic E-state index is 0.125. The van der Waals surface area contributed by atoms with Crippen LogP contribution in [0.15, 0.2) is 4.52 Å². The van der Waals surface area contributed by atoms with E-state index >= 15 is 0 Å². The molecule has 5 nitrogen and oxygen atoms in total. The topological polar surface area (TPSA) is 60.2 Å². The normalized spacial score (nSPS) is 25.0. The molecule has 1 heterocycles. The van der Waals surface area contributed by atoms with Crippen LogP contribution in [0.3, 0.4) is 0 Å². The Morgan fingerprint density at radius 3 is 2.71 bits per heavy atom. The fourth-order valence-electron chi connectivity index (χ4n) is 3.24. The summed E-state index contributed by atoms with van der Waals surface area (Å²) in [6, 6.07) is 0.536. The summed E-state index contributed by atoms with van der Waals surface area (Å²) in [5.41, 5.74) is 0.336. The Morgan fingerprint density at radius 1 is 1.33 bits per heavy atom. The van der Waals surface area contributed by atoms with Crippen LogP contribution in [0.1, 0.15) is 71.2 Å². The highest BCUT2D eigenvalue weighted by atomic mass is 16.5. The molecule has 0 radical (unpaired) electrons. The molecule has 1 aromatic rings. The third kappa shape index (κ3) is 4.27. The Labute approximate surface area is 127 Å². The number of ether oxygens (including phenoxy) is 1. The molecule has 1 fully saturated rings. The lowest BCUT2D eigenvalue weighted by molar-refractivity contribution is 0.109. The van der Waals surface area contributed by atoms with Gasteiger partial charge in [0, 0.05) is 13.2 Å². The zero-order valence-electron chi connectivity index (χ0n) is 14.0. The molecule has 5 heteroatoms. The highest BCUT2D eigenvalue weighted by Gasteiger charge is 2.33. The fourth-order valence-corrected chi connectivity index (χ4v) is 3.24. The lowest BCUT2D eigenvalue weighted by Gasteiger charge is -2.40. The van der Waals surface area contributed by atoms with Gasteiger partial charge < -0.3 is 14.6 Å². The molecule has 1 N–H and O–H groups in total. The van der Waals surface area contributed by atoms with E-state index in [4.69, 9.17) is 9.26 Å². The number of rotatable bonds is 5. The summed E-state index contributed by atoms with van der Waals surface area (Å²) in [6.07, 6.45) is 5.06. The summed E-state index contributed by atoms with van der Waals surface area (Å²) in [4.78, 5) is 4.39. The van der Waals surface area contributed by atoms with Gasteiger partial charge in [-0.2, -0.15) is 4.98 Å². The molecule has 120 valence electrons. The van der Waals surface area contributed by atoms with Gasteiger partial charge in [-0.1, -0.05) is 38.8 Å². The quantitative estimate of drug-likeness (QED) is 0.901. The summed E-state index contributed by atoms with van der Waals surface area (Å²) < 4.78 is 10.5. The van der Waals surface area contributed by atoms with Gasteiger partial charge in [0.15, 0.2) is 5.82 Å². The lowest BCUT2D eigenvalue weighted by Crippen LogP contribution is -2.43. The first-order chi connectivity index (χ1) is 9.91. The van der Waals surface area contributed by atoms with E-state index in [0.29, 0.717) is 35.6 Å². The largest absolute Gasteiger partial charge is 0.374 e. The monoisotopic (exact) mass is 295 g/mol. The van der Waals surface area contributed by atoms with Gasteiger partial charge >= 0.3 is 0 Å². The van der Waals surface area contributed by atoms with E-state index in [0.717, 1.165) is 0 Å². The van der Waals surface area contributed by atoms with Crippen LogP contribution in [0.4, 0.5) is 0 Å². The second-order valence-electron chi connectivity index (χ2n) is 7.17. The van der Waals surface area contributed by atoms with Crippen molar-refractivity contribution in [2.45, 2.75) is 72.1 Å². The first kappa shape index (κ1) is 16.4. The van der Waals surface area contributed by atoms with Crippen molar-refractivity contribution < 1.29 is 9.26 Å². The van der Waals surface area contributed by atoms with Crippen LogP contribution in [0.5, 0.6) is 0 Å². The predicted molar refractivity (Wildman–Crippen MR) is 81.8 cm³/mol. The summed E-state index contributed by atoms with van der Waals surface area (Å²) >= 11 is 0. The third-order valence-electron chi connectivity index (χ3n) is 4.59. The highest BCUT2D eigenvalue weighted by Crippen LogP contribution is 2.38. The van der Waals surface area contributed by atoms with E-state index < -0.39 is 0 Å². The molecule has 2 rings (SSSR count). The standard InChI is InChI=1S/C16H29N3O2/c1-11(20-5)15-18-14(21-19-15)10-17-13-9-7-6-8-12(13)16(2,3)4/h11-13,17H,6-10H2,1-5H3/t11-,12-,13+/m1/s1. The van der Waals surface area contributed by atoms with Crippen LogP contribution in [-0.4, -0.2) is 23.3 Å². The van der Waals surface area contributed by atoms with Gasteiger partial charge in [-0.15, -0.1) is 0 Å². The van der Waals surface area contributed by atoms with Gasteiger partial charge in [-0.3, -0.25) is 0 Å². The Morgan fingerprint density at radius 2 is 2.05 bits per heavy atom. The maximum atomic E-state index is 5.30. The van der Waals surface area contributed by atoms with Crippen molar-refractivity contribution in [2.75, 3.05) is 7.11 Å². The van der Waals surface area contributed by atoms with Gasteiger partial charge in [-0.05, 0) is 31.1 Å². The van der Waals surface area contributed by atoms with Crippen LogP contribution in [0.2, 0.25) is 0 Å². The second-order valence-corrected chi connectivity index (χ2v) is 7.17. The van der Waals surface area contributed by atoms with Crippen molar-refractivity contribution >= 4 is 0 Å². The molecule has 1 aliphatic carbocycles. The van der Waals surface area contributed by atoms with E-state index in [9.17, 15) is 0 Å². The minimum atomic E-state index is -0.125. The molecular weight excluding hydrogens is 266 g/mol. The Kier molecular flexibility index (Phi) is 5.38. The van der Waals surface area contributed by atoms with Gasteiger partial charge in [0.1, 0.15) is 6.10 Å². The number of nitrogens with zero attached hydrogens (tertiary/aromatic N) is 2. The molecular formula is C16H29N3O2. The summed E-state index contributed by atoms with van der Waals surface area (Å²) in [5.74, 6) is 1.96. The number of hydrogen-bond acceptors (Lipinski definition) is 5. The number of methoxy groups -OCH3 is 1. The molecule has 0 saturated heterocycles. The van der Waals surface area contributed by atoms with Crippen LogP contribution >= 0.6 is 0 Å². The molecule has 0 spiro atoms. The molecule has 0 unspecified atom stereocenters. The van der Waals surface area contributed by atoms with Crippen molar-refractivity contribution in [3.8, 4) is 0 Å². The Hall–Kier alpha value is -0.940. The maximum Gasteiger partial charge on any atom is 0.240 e. The number of nitrogens with one attached hydrogen (secondary N) is 1. The molecule has 1 saturated carbocycles. The highest BCUT2D eigenvalue weighted by molar-refractivity contribution is 4.92. The predicted octanol–water partition coefficient (Wildman–Crippen LogP) is 3.47. The van der Waals surface area contributed by atoms with Crippen molar-refractivity contribution in [1.29, 1.82) is 0 Å². The molecule has 0 amide bonds. The zero-order chi connectivity index (χ0) is 15.5. The molecule has 0 bridgehead atoms. The molecule has 3 atom stereocenters. The van der Waals surface area contributed by atoms with E-state index in [2.05, 4.69) is 36.2 Å². The average Bonchev–Trinajstić information content (AvgIpc) is 2.92. The van der Waals surface area contributed by atoms with E-state index in [1.165, 1.54) is 25.7 Å². The van der Waals surface area contributed by atoms with E-state index in [-0.39, 0.29) is 6.10 Å². The van der Waals surface area contributed by atoms with Crippen molar-refractivity contribution in [3.05, 3.63) is 11.7 Å². The molecule has 1 aromatic heterocycles. The number of aromatic nitrogens is 2. The van der Waals surface area contributed by atoms with E-state index in [1.807, 2.05) is 6.92 Å². The SMILES string of the molecule is CO[C@H](C)c1noc(CN[C@H]2CCCC[C@H]2C(C)(C)C)n1. The Balaban J connectivity index is 1.93. The maximum absolute atomic E-state index is 5.30. The Bertz CT molecular complexity index is 439. The van der Waals surface area contributed by atoms with Crippen molar-refractivity contribution in [2.24, 2.45) is 11.3 Å². The van der Waals surface area contributed by atoms with Gasteiger partial charge in [-0.25, -0.2) is 0 Å². The summed E-state index contributed by atoms with van der Waals surface area (Å²) in [5, 5.41) is 7.60. The fraction of sp³-hybridized carbons (Fsp3) is 0.875. The lowest BCUT2D eigenvalue weighted by atomic mass is 9.69. The van der Waals surface area contributed by atoms with Crippen LogP contribution < -0.4 is 5.32 Å². The molecule has 0 aliphatic heterocycles. The average molecular weight is 295 g/mol. The van der Waals surface area contributed by atoms with Crippen LogP contribution in [-0.2, 0) is 11.3 Å². The summed E-state index contributed by atoms with van der Waals surface area (Å²) in [7, 11) is 1.65. The van der Waals surface area contributed by atoms with Crippen molar-refractivity contribution in [3.63, 3.8) is 0 Å². The first-order valence-corrected chi connectivity index (χ1v) is 8.00. The zero-order valence-corrected chi connectivity index (χ0v) is 14.0. The van der Waals surface area contributed by atoms with Gasteiger partial charge in [0.05, 0.1) is 6.54 Å². The third-order valence-corrected chi connectivity index (χ3v) is 4.59. The van der Waals surface area contributed by atoms with Crippen LogP contribution in [0.25, 0.3) is 0 Å². The number of hydrogen-bond donors (Lipinski definition) is 1. The first-order valence-electron chi connectivity index (χ1n) is 8.00. The van der Waals surface area contributed by atoms with Gasteiger partial charge in [0.25, 0.3) is 0 Å². The second kappa shape index (κ2) is 6.88. The molecule has 21 heavy (non-hydrogen) atoms. The van der Waals surface area contributed by atoms with E-state index in [1.54, 1.807) is 7.11 Å². The smallest absolute Gasteiger partial charge is 0.240 e. The van der Waals surface area contributed by atoms with Gasteiger partial charge in [0.2, 0.25) is 5.89 Å². The van der Waals surface area contributed by atoms with Crippen molar-refractivity contribution in [1.82, 2.24) is 15.5 Å². The minimum Gasteiger partial charge on any atom is -0.374 e. The molecule has 0 aromatic carbocycles. The summed E-state index contributed by atoms with van der Waals surface area (Å²) in [6.45, 7) is 9.56.